The molecule has 14 heteroatoms. The van der Waals surface area contributed by atoms with Gasteiger partial charge in [0.25, 0.3) is 6.43 Å². The van der Waals surface area contributed by atoms with Crippen molar-refractivity contribution < 1.29 is 47.6 Å². The first-order valence-electron chi connectivity index (χ1n) is 16.7. The van der Waals surface area contributed by atoms with Crippen molar-refractivity contribution in [2.45, 2.75) is 44.3 Å². The van der Waals surface area contributed by atoms with Gasteiger partial charge in [0.1, 0.15) is 16.1 Å². The van der Waals surface area contributed by atoms with Crippen molar-refractivity contribution in [1.29, 1.82) is 0 Å². The summed E-state index contributed by atoms with van der Waals surface area (Å²) in [5.74, 6) is -0.836. The SMILES string of the molecule is COc1ccc([C@H](Cc2c(Cl)c[n+](O)cc2Cl)c2cc(CN(C(=O)O[C@H]3CN4CCC3CC4)c3cccc(C(F)F)c3)ccc2C(=O)O)cc1OC. The van der Waals surface area contributed by atoms with E-state index in [2.05, 4.69) is 4.90 Å². The van der Waals surface area contributed by atoms with Crippen LogP contribution in [0.2, 0.25) is 10.0 Å². The first-order chi connectivity index (χ1) is 24.9. The summed E-state index contributed by atoms with van der Waals surface area (Å²) in [6.45, 7) is 2.37. The maximum atomic E-state index is 14.0. The lowest BCUT2D eigenvalue weighted by Crippen LogP contribution is -2.53. The summed E-state index contributed by atoms with van der Waals surface area (Å²) in [4.78, 5) is 30.3. The number of carbonyl (C=O) groups is 2. The molecule has 3 fully saturated rings. The van der Waals surface area contributed by atoms with E-state index in [0.29, 0.717) is 40.3 Å². The fraction of sp³-hybridized carbons (Fsp3) is 0.342. The zero-order valence-corrected chi connectivity index (χ0v) is 30.0. The zero-order valence-electron chi connectivity index (χ0n) is 28.5. The number of carboxylic acid groups (broad SMARTS) is 1. The average molecular weight is 758 g/mol. The lowest BCUT2D eigenvalue weighted by molar-refractivity contribution is -0.904. The standard InChI is InChI=1S/C38H37Cl2F2N3O7/c1-50-33-9-7-24(16-34(33)51-2)28(17-30-31(39)19-44(49)20-32(30)40)29-14-22(6-8-27(29)37(46)47)18-45(26-5-3-4-25(15-26)36(41)42)38(48)52-35-21-43-12-10-23(35)11-13-43/h3-9,14-16,19-20,23,28,35-36H,10-13,17-18,21H2,1-2H3,(H-,46,47,49)/p+1/t28-,35-/m0/s1. The molecular formula is C38H38Cl2F2N3O7+. The van der Waals surface area contributed by atoms with Crippen LogP contribution in [0, 0.1) is 5.92 Å². The number of pyridine rings is 1. The molecule has 52 heavy (non-hydrogen) atoms. The van der Waals surface area contributed by atoms with Crippen LogP contribution in [0.4, 0.5) is 19.3 Å². The Hall–Kier alpha value is -4.65. The molecule has 4 aromatic rings. The Balaban J connectivity index is 1.44. The fourth-order valence-electron chi connectivity index (χ4n) is 7.12. The van der Waals surface area contributed by atoms with Gasteiger partial charge in [0, 0.05) is 34.0 Å². The molecule has 3 aliphatic heterocycles. The van der Waals surface area contributed by atoms with Crippen molar-refractivity contribution in [2.24, 2.45) is 5.92 Å². The van der Waals surface area contributed by atoms with Crippen molar-refractivity contribution in [3.63, 3.8) is 0 Å². The number of ether oxygens (including phenoxy) is 3. The number of fused-ring (bicyclic) bond motifs is 3. The van der Waals surface area contributed by atoms with Crippen molar-refractivity contribution in [3.05, 3.63) is 116 Å². The normalized spacial score (nSPS) is 18.6. The third kappa shape index (κ3) is 8.04. The minimum absolute atomic E-state index is 0.0231. The van der Waals surface area contributed by atoms with Crippen LogP contribution < -0.4 is 19.1 Å². The molecule has 2 N–H and O–H groups in total. The summed E-state index contributed by atoms with van der Waals surface area (Å²) >= 11 is 13.1. The summed E-state index contributed by atoms with van der Waals surface area (Å²) in [5.41, 5.74) is 1.88. The number of hydrogen-bond acceptors (Lipinski definition) is 7. The van der Waals surface area contributed by atoms with E-state index in [-0.39, 0.29) is 51.8 Å². The Morgan fingerprint density at radius 3 is 2.29 bits per heavy atom. The lowest BCUT2D eigenvalue weighted by atomic mass is 9.82. The minimum atomic E-state index is -2.76. The first-order valence-corrected chi connectivity index (χ1v) is 17.5. The Morgan fingerprint density at radius 2 is 1.67 bits per heavy atom. The number of rotatable bonds is 12. The highest BCUT2D eigenvalue weighted by Gasteiger charge is 2.38. The van der Waals surface area contributed by atoms with Crippen LogP contribution in [0.25, 0.3) is 0 Å². The quantitative estimate of drug-likeness (QED) is 0.111. The molecule has 1 amide bonds. The number of benzene rings is 3. The van der Waals surface area contributed by atoms with Crippen LogP contribution >= 0.6 is 23.2 Å². The number of carbonyl (C=O) groups excluding carboxylic acids is 1. The highest BCUT2D eigenvalue weighted by Crippen LogP contribution is 2.40. The summed E-state index contributed by atoms with van der Waals surface area (Å²) in [6, 6.07) is 15.5. The van der Waals surface area contributed by atoms with Gasteiger partial charge in [0.15, 0.2) is 11.5 Å². The van der Waals surface area contributed by atoms with Gasteiger partial charge in [-0.15, -0.1) is 0 Å². The van der Waals surface area contributed by atoms with Gasteiger partial charge in [-0.1, -0.05) is 53.5 Å². The second-order valence-corrected chi connectivity index (χ2v) is 13.8. The maximum absolute atomic E-state index is 14.0. The summed E-state index contributed by atoms with van der Waals surface area (Å²) in [6.07, 6.45) is 0.664. The highest BCUT2D eigenvalue weighted by atomic mass is 35.5. The number of piperidine rings is 3. The van der Waals surface area contributed by atoms with Gasteiger partial charge in [-0.25, -0.2) is 18.4 Å². The largest absolute Gasteiger partial charge is 0.493 e. The lowest BCUT2D eigenvalue weighted by Gasteiger charge is -2.44. The van der Waals surface area contributed by atoms with Crippen molar-refractivity contribution in [1.82, 2.24) is 4.90 Å². The highest BCUT2D eigenvalue weighted by molar-refractivity contribution is 6.35. The van der Waals surface area contributed by atoms with Crippen LogP contribution in [0.5, 0.6) is 11.5 Å². The molecule has 0 aliphatic carbocycles. The number of aromatic carboxylic acids is 1. The topological polar surface area (TPSA) is 113 Å². The second-order valence-electron chi connectivity index (χ2n) is 13.0. The van der Waals surface area contributed by atoms with Crippen molar-refractivity contribution in [2.75, 3.05) is 38.8 Å². The molecule has 3 saturated heterocycles. The second kappa shape index (κ2) is 15.9. The average Bonchev–Trinajstić information content (AvgIpc) is 3.13. The number of amides is 1. The molecule has 0 radical (unpaired) electrons. The number of alkyl halides is 2. The number of aromatic nitrogens is 1. The van der Waals surface area contributed by atoms with E-state index in [9.17, 15) is 28.7 Å². The number of anilines is 1. The molecule has 1 aromatic heterocycles. The predicted molar refractivity (Wildman–Crippen MR) is 189 cm³/mol. The maximum Gasteiger partial charge on any atom is 0.414 e. The van der Waals surface area contributed by atoms with Gasteiger partial charge in [-0.05, 0) is 85.3 Å². The summed E-state index contributed by atoms with van der Waals surface area (Å²) in [7, 11) is 2.98. The van der Waals surface area contributed by atoms with Gasteiger partial charge in [-0.3, -0.25) is 15.0 Å². The first kappa shape index (κ1) is 37.1. The molecule has 2 atom stereocenters. The smallest absolute Gasteiger partial charge is 0.414 e. The van der Waals surface area contributed by atoms with E-state index in [1.54, 1.807) is 36.4 Å². The molecule has 0 saturated carbocycles. The van der Waals surface area contributed by atoms with Gasteiger partial charge in [0.05, 0.1) is 26.3 Å². The molecule has 3 aliphatic rings. The van der Waals surface area contributed by atoms with Gasteiger partial charge in [0.2, 0.25) is 12.4 Å². The fourth-order valence-corrected chi connectivity index (χ4v) is 7.73. The number of methoxy groups -OCH3 is 2. The summed E-state index contributed by atoms with van der Waals surface area (Å²) in [5, 5.41) is 20.7. The van der Waals surface area contributed by atoms with Crippen LogP contribution in [0.3, 0.4) is 0 Å². The number of nitrogens with zero attached hydrogens (tertiary/aromatic N) is 3. The van der Waals surface area contributed by atoms with Crippen LogP contribution in [-0.4, -0.2) is 67.2 Å². The van der Waals surface area contributed by atoms with Crippen LogP contribution in [0.15, 0.2) is 73.1 Å². The van der Waals surface area contributed by atoms with Crippen molar-refractivity contribution >= 4 is 41.0 Å². The zero-order chi connectivity index (χ0) is 37.1. The third-order valence-electron chi connectivity index (χ3n) is 9.85. The van der Waals surface area contributed by atoms with Crippen LogP contribution in [-0.2, 0) is 17.7 Å². The Labute approximate surface area is 309 Å². The molecule has 3 aromatic carbocycles. The predicted octanol–water partition coefficient (Wildman–Crippen LogP) is 7.78. The molecular weight excluding hydrogens is 719 g/mol. The molecule has 7 rings (SSSR count). The summed E-state index contributed by atoms with van der Waals surface area (Å²) < 4.78 is 45.5. The van der Waals surface area contributed by atoms with E-state index < -0.39 is 24.4 Å². The Kier molecular flexibility index (Phi) is 11.4. The van der Waals surface area contributed by atoms with E-state index in [1.807, 2.05) is 0 Å². The third-order valence-corrected chi connectivity index (χ3v) is 10.5. The molecule has 2 bridgehead atoms. The van der Waals surface area contributed by atoms with Crippen LogP contribution in [0.1, 0.15) is 63.4 Å². The molecule has 0 unspecified atom stereocenters. The van der Waals surface area contributed by atoms with E-state index in [1.165, 1.54) is 55.8 Å². The van der Waals surface area contributed by atoms with E-state index in [0.717, 1.165) is 30.7 Å². The molecule has 4 heterocycles. The number of halogens is 4. The van der Waals surface area contributed by atoms with E-state index >= 15 is 0 Å². The minimum Gasteiger partial charge on any atom is -0.493 e. The van der Waals surface area contributed by atoms with Gasteiger partial charge < -0.3 is 19.3 Å². The number of carboxylic acids is 1. The van der Waals surface area contributed by atoms with Gasteiger partial charge >= 0.3 is 12.1 Å². The molecule has 10 nitrogen and oxygen atoms in total. The molecule has 0 spiro atoms. The van der Waals surface area contributed by atoms with E-state index in [4.69, 9.17) is 37.4 Å². The molecule has 274 valence electrons. The Bertz CT molecular complexity index is 1930. The Morgan fingerprint density at radius 1 is 0.962 bits per heavy atom. The van der Waals surface area contributed by atoms with Gasteiger partial charge in [-0.2, -0.15) is 0 Å². The monoisotopic (exact) mass is 756 g/mol. The van der Waals surface area contributed by atoms with Crippen molar-refractivity contribution in [3.8, 4) is 11.5 Å². The number of hydrogen-bond donors (Lipinski definition) is 2.